The van der Waals surface area contributed by atoms with Gasteiger partial charge >= 0.3 is 11.1 Å². The Morgan fingerprint density at radius 2 is 2.16 bits per heavy atom. The van der Waals surface area contributed by atoms with Crippen LogP contribution in [0.3, 0.4) is 0 Å². The van der Waals surface area contributed by atoms with Gasteiger partial charge in [0.25, 0.3) is 0 Å². The summed E-state index contributed by atoms with van der Waals surface area (Å²) in [6, 6.07) is 4.54. The van der Waals surface area contributed by atoms with Crippen molar-refractivity contribution in [3.05, 3.63) is 38.7 Å². The number of halogens is 2. The molecule has 0 saturated heterocycles. The molecule has 100 valence electrons. The van der Waals surface area contributed by atoms with E-state index in [-0.39, 0.29) is 6.61 Å². The Bertz CT molecular complexity index is 694. The summed E-state index contributed by atoms with van der Waals surface area (Å²) < 4.78 is 15.6. The van der Waals surface area contributed by atoms with Crippen molar-refractivity contribution in [1.29, 1.82) is 0 Å². The van der Waals surface area contributed by atoms with Crippen LogP contribution in [0, 0.1) is 0 Å². The molecule has 0 N–H and O–H groups in total. The van der Waals surface area contributed by atoms with Crippen LogP contribution in [0.4, 0.5) is 4.79 Å². The average Bonchev–Trinajstić information content (AvgIpc) is 2.35. The zero-order chi connectivity index (χ0) is 14.0. The summed E-state index contributed by atoms with van der Waals surface area (Å²) in [7, 11) is 1.50. The Hall–Kier alpha value is -1.53. The van der Waals surface area contributed by atoms with E-state index in [1.54, 1.807) is 12.1 Å². The van der Waals surface area contributed by atoms with E-state index in [2.05, 4.69) is 20.7 Å². The van der Waals surface area contributed by atoms with Crippen molar-refractivity contribution in [1.82, 2.24) is 0 Å². The number of hydrogen-bond acceptors (Lipinski definition) is 5. The highest BCUT2D eigenvalue weighted by atomic mass is 79.9. The summed E-state index contributed by atoms with van der Waals surface area (Å²) in [6.45, 7) is -0.108. The average molecular weight is 348 g/mol. The van der Waals surface area contributed by atoms with Crippen molar-refractivity contribution in [2.75, 3.05) is 7.11 Å². The summed E-state index contributed by atoms with van der Waals surface area (Å²) >= 11 is 8.44. The van der Waals surface area contributed by atoms with Gasteiger partial charge in [0, 0.05) is 34.7 Å². The first kappa shape index (κ1) is 13.9. The zero-order valence-corrected chi connectivity index (χ0v) is 12.1. The largest absolute Gasteiger partial charge is 0.495 e. The van der Waals surface area contributed by atoms with E-state index in [4.69, 9.17) is 20.8 Å². The number of hydrogen-bond donors (Lipinski definition) is 0. The van der Waals surface area contributed by atoms with Gasteiger partial charge in [-0.1, -0.05) is 0 Å². The molecule has 0 fully saturated rings. The molecule has 0 unspecified atom stereocenters. The molecule has 0 saturated carbocycles. The standard InChI is InChI=1S/C12H8BrClO5/c1-17-10-4-9-7(3-8(10)13)6(2-11(15)19-9)5-18-12(14)16/h2-4H,5H2,1H3. The molecule has 0 amide bonds. The zero-order valence-electron chi connectivity index (χ0n) is 9.74. The number of carbonyl (C=O) groups excluding carboxylic acids is 1. The van der Waals surface area contributed by atoms with E-state index in [1.807, 2.05) is 0 Å². The van der Waals surface area contributed by atoms with Crippen molar-refractivity contribution in [3.8, 4) is 5.75 Å². The van der Waals surface area contributed by atoms with E-state index in [1.165, 1.54) is 13.2 Å². The summed E-state index contributed by atoms with van der Waals surface area (Å²) in [6.07, 6.45) is 0. The van der Waals surface area contributed by atoms with Crippen molar-refractivity contribution >= 4 is 43.9 Å². The molecule has 1 heterocycles. The highest BCUT2D eigenvalue weighted by molar-refractivity contribution is 9.10. The van der Waals surface area contributed by atoms with Crippen LogP contribution in [0.1, 0.15) is 5.56 Å². The van der Waals surface area contributed by atoms with Crippen LogP contribution < -0.4 is 10.4 Å². The van der Waals surface area contributed by atoms with E-state index >= 15 is 0 Å². The van der Waals surface area contributed by atoms with Crippen LogP contribution in [-0.4, -0.2) is 12.5 Å². The van der Waals surface area contributed by atoms with Crippen molar-refractivity contribution in [3.63, 3.8) is 0 Å². The lowest BCUT2D eigenvalue weighted by Gasteiger charge is -2.08. The normalized spacial score (nSPS) is 10.5. The molecular formula is C12H8BrClO5. The smallest absolute Gasteiger partial charge is 0.404 e. The van der Waals surface area contributed by atoms with Gasteiger partial charge in [-0.2, -0.15) is 0 Å². The first-order valence-electron chi connectivity index (χ1n) is 5.14. The first-order valence-corrected chi connectivity index (χ1v) is 6.31. The minimum Gasteiger partial charge on any atom is -0.495 e. The van der Waals surface area contributed by atoms with Crippen LogP contribution in [-0.2, 0) is 11.3 Å². The van der Waals surface area contributed by atoms with Crippen LogP contribution >= 0.6 is 27.5 Å². The number of fused-ring (bicyclic) bond motifs is 1. The molecule has 2 aromatic rings. The van der Waals surface area contributed by atoms with E-state index in [0.29, 0.717) is 26.8 Å². The van der Waals surface area contributed by atoms with E-state index < -0.39 is 11.1 Å². The predicted octanol–water partition coefficient (Wildman–Crippen LogP) is 3.44. The van der Waals surface area contributed by atoms with Gasteiger partial charge in [0.15, 0.2) is 0 Å². The summed E-state index contributed by atoms with van der Waals surface area (Å²) in [5.74, 6) is 0.530. The summed E-state index contributed by atoms with van der Waals surface area (Å²) in [5, 5.41) is 0.630. The SMILES string of the molecule is COc1cc2oc(=O)cc(COC(=O)Cl)c2cc1Br. The molecule has 0 atom stereocenters. The second-order valence-electron chi connectivity index (χ2n) is 3.60. The summed E-state index contributed by atoms with van der Waals surface area (Å²) in [5.41, 5.74) is -0.636. The lowest BCUT2D eigenvalue weighted by molar-refractivity contribution is 0.167. The van der Waals surface area contributed by atoms with E-state index in [0.717, 1.165) is 0 Å². The van der Waals surface area contributed by atoms with Gasteiger partial charge in [0.1, 0.15) is 17.9 Å². The fourth-order valence-corrected chi connectivity index (χ4v) is 2.20. The van der Waals surface area contributed by atoms with Gasteiger partial charge < -0.3 is 13.9 Å². The Labute approximate surface area is 121 Å². The number of methoxy groups -OCH3 is 1. The molecule has 0 spiro atoms. The number of rotatable bonds is 3. The van der Waals surface area contributed by atoms with Crippen molar-refractivity contribution in [2.45, 2.75) is 6.61 Å². The maximum atomic E-state index is 11.4. The molecule has 0 radical (unpaired) electrons. The van der Waals surface area contributed by atoms with Crippen LogP contribution in [0.15, 0.2) is 31.9 Å². The maximum absolute atomic E-state index is 11.4. The van der Waals surface area contributed by atoms with Crippen molar-refractivity contribution in [2.24, 2.45) is 0 Å². The topological polar surface area (TPSA) is 65.7 Å². The summed E-state index contributed by atoms with van der Waals surface area (Å²) in [4.78, 5) is 22.1. The van der Waals surface area contributed by atoms with Gasteiger partial charge in [-0.05, 0) is 22.0 Å². The molecule has 1 aromatic heterocycles. The molecular weight excluding hydrogens is 339 g/mol. The number of ether oxygens (including phenoxy) is 2. The minimum absolute atomic E-state index is 0.108. The molecule has 0 aliphatic rings. The fourth-order valence-electron chi connectivity index (χ4n) is 1.64. The van der Waals surface area contributed by atoms with Gasteiger partial charge in [-0.25, -0.2) is 9.59 Å². The van der Waals surface area contributed by atoms with Crippen LogP contribution in [0.25, 0.3) is 11.0 Å². The first-order chi connectivity index (χ1) is 9.01. The molecule has 5 nitrogen and oxygen atoms in total. The molecule has 1 aromatic carbocycles. The minimum atomic E-state index is -0.936. The maximum Gasteiger partial charge on any atom is 0.404 e. The Balaban J connectivity index is 2.60. The lowest BCUT2D eigenvalue weighted by atomic mass is 10.1. The number of carbonyl (C=O) groups is 1. The predicted molar refractivity (Wildman–Crippen MR) is 72.8 cm³/mol. The second-order valence-corrected chi connectivity index (χ2v) is 4.76. The highest BCUT2D eigenvalue weighted by Gasteiger charge is 2.11. The molecule has 0 aliphatic carbocycles. The van der Waals surface area contributed by atoms with Gasteiger partial charge in [-0.15, -0.1) is 0 Å². The third-order valence-electron chi connectivity index (χ3n) is 2.44. The third kappa shape index (κ3) is 3.08. The van der Waals surface area contributed by atoms with Crippen molar-refractivity contribution < 1.29 is 18.7 Å². The molecule has 0 aliphatic heterocycles. The molecule has 0 bridgehead atoms. The quantitative estimate of drug-likeness (QED) is 0.628. The molecule has 2 rings (SSSR count). The van der Waals surface area contributed by atoms with Gasteiger partial charge in [0.2, 0.25) is 0 Å². The van der Waals surface area contributed by atoms with Crippen LogP contribution in [0.2, 0.25) is 0 Å². The molecule has 7 heteroatoms. The van der Waals surface area contributed by atoms with Gasteiger partial charge in [-0.3, -0.25) is 0 Å². The number of benzene rings is 1. The highest BCUT2D eigenvalue weighted by Crippen LogP contribution is 2.31. The Kier molecular flexibility index (Phi) is 4.11. The molecule has 19 heavy (non-hydrogen) atoms. The van der Waals surface area contributed by atoms with Crippen LogP contribution in [0.5, 0.6) is 5.75 Å². The fraction of sp³-hybridized carbons (Fsp3) is 0.167. The monoisotopic (exact) mass is 346 g/mol. The van der Waals surface area contributed by atoms with E-state index in [9.17, 15) is 9.59 Å². The third-order valence-corrected chi connectivity index (χ3v) is 3.17. The Morgan fingerprint density at radius 1 is 1.42 bits per heavy atom. The lowest BCUT2D eigenvalue weighted by Crippen LogP contribution is -2.03. The van der Waals surface area contributed by atoms with Gasteiger partial charge in [0.05, 0.1) is 11.6 Å². The second kappa shape index (κ2) is 5.63. The Morgan fingerprint density at radius 3 is 2.79 bits per heavy atom.